The quantitative estimate of drug-likeness (QED) is 0.395. The fourth-order valence-electron chi connectivity index (χ4n) is 0.504. The Morgan fingerprint density at radius 1 is 1.47 bits per heavy atom. The number of sulfonamides is 1. The fourth-order valence-corrected chi connectivity index (χ4v) is 0.928. The summed E-state index contributed by atoms with van der Waals surface area (Å²) in [5.41, 5.74) is -5.57. The Bertz CT molecular complexity index is 445. The molecule has 0 bridgehead atoms. The first kappa shape index (κ1) is 15.6. The molecule has 7 nitrogen and oxygen atoms in total. The monoisotopic (exact) mass is 271 g/mol. The van der Waals surface area contributed by atoms with Crippen LogP contribution < -0.4 is 5.32 Å². The summed E-state index contributed by atoms with van der Waals surface area (Å²) >= 11 is 0. The molecule has 1 N–H and O–H groups in total. The predicted octanol–water partition coefficient (Wildman–Crippen LogP) is -1.02. The van der Waals surface area contributed by atoms with Gasteiger partial charge in [-0.05, 0) is 0 Å². The topological polar surface area (TPSA) is 97.2 Å². The molecule has 0 aliphatic heterocycles. The summed E-state index contributed by atoms with van der Waals surface area (Å²) in [6.45, 7) is 0. The molecule has 0 rings (SSSR count). The second-order valence-electron chi connectivity index (χ2n) is 2.49. The van der Waals surface area contributed by atoms with Crippen molar-refractivity contribution < 1.29 is 31.0 Å². The van der Waals surface area contributed by atoms with Crippen LogP contribution in [0.15, 0.2) is 9.29 Å². The SMILES string of the molecule is BC(=O)NC(/N=B\OC)=N/S(=O)(=O)C(F)(F)F. The van der Waals surface area contributed by atoms with Crippen LogP contribution in [0.4, 0.5) is 18.0 Å². The second kappa shape index (κ2) is 5.79. The van der Waals surface area contributed by atoms with E-state index in [-0.39, 0.29) is 0 Å². The Hall–Kier alpha value is -1.39. The number of alkyl halides is 3. The van der Waals surface area contributed by atoms with Crippen LogP contribution in [-0.2, 0) is 14.7 Å². The van der Waals surface area contributed by atoms with Gasteiger partial charge in [0.2, 0.25) is 0 Å². The number of carbonyl (C=O) groups excluding carboxylic acids is 1. The van der Waals surface area contributed by atoms with Crippen LogP contribution in [0.2, 0.25) is 0 Å². The molecule has 0 aliphatic rings. The van der Waals surface area contributed by atoms with E-state index < -0.39 is 27.3 Å². The molecule has 0 heterocycles. The van der Waals surface area contributed by atoms with Crippen LogP contribution in [0.1, 0.15) is 0 Å². The van der Waals surface area contributed by atoms with E-state index in [1.807, 2.05) is 0 Å². The van der Waals surface area contributed by atoms with E-state index >= 15 is 0 Å². The van der Waals surface area contributed by atoms with Crippen molar-refractivity contribution in [2.24, 2.45) is 9.29 Å². The molecular weight excluding hydrogens is 265 g/mol. The Labute approximate surface area is 95.9 Å². The van der Waals surface area contributed by atoms with Gasteiger partial charge in [0.05, 0.1) is 0 Å². The summed E-state index contributed by atoms with van der Waals surface area (Å²) in [4.78, 5) is 13.6. The molecule has 0 spiro atoms. The van der Waals surface area contributed by atoms with E-state index in [0.29, 0.717) is 7.27 Å². The van der Waals surface area contributed by atoms with E-state index in [0.717, 1.165) is 15.0 Å². The van der Waals surface area contributed by atoms with Crippen molar-refractivity contribution >= 4 is 36.9 Å². The van der Waals surface area contributed by atoms with Crippen LogP contribution in [0.5, 0.6) is 0 Å². The first-order valence-corrected chi connectivity index (χ1v) is 5.28. The fraction of sp³-hybridized carbons (Fsp3) is 0.500. The Kier molecular flexibility index (Phi) is 5.32. The summed E-state index contributed by atoms with van der Waals surface area (Å²) in [7, 11) is -3.10. The zero-order chi connectivity index (χ0) is 13.7. The molecule has 0 aliphatic carbocycles. The van der Waals surface area contributed by atoms with E-state index in [9.17, 15) is 26.4 Å². The second-order valence-corrected chi connectivity index (χ2v) is 4.08. The van der Waals surface area contributed by atoms with Crippen molar-refractivity contribution in [2.75, 3.05) is 7.11 Å². The number of nitrogens with one attached hydrogen (secondary N) is 1. The van der Waals surface area contributed by atoms with Gasteiger partial charge < -0.3 is 0 Å². The van der Waals surface area contributed by atoms with Crippen LogP contribution >= 0.6 is 0 Å². The molecule has 0 aromatic heterocycles. The molecule has 13 heteroatoms. The molecular formula is C4H6B2F3N3O4S. The van der Waals surface area contributed by atoms with Gasteiger partial charge in [-0.1, -0.05) is 0 Å². The molecule has 1 amide bonds. The van der Waals surface area contributed by atoms with Crippen molar-refractivity contribution in [3.05, 3.63) is 0 Å². The van der Waals surface area contributed by atoms with Gasteiger partial charge in [0, 0.05) is 0 Å². The summed E-state index contributed by atoms with van der Waals surface area (Å²) in [5.74, 6) is -1.88. The third-order valence-corrected chi connectivity index (χ3v) is 2.07. The minimum atomic E-state index is -5.77. The van der Waals surface area contributed by atoms with Crippen LogP contribution in [-0.4, -0.2) is 47.9 Å². The van der Waals surface area contributed by atoms with Crippen molar-refractivity contribution in [1.82, 2.24) is 5.32 Å². The van der Waals surface area contributed by atoms with Gasteiger partial charge in [-0.2, -0.15) is 0 Å². The van der Waals surface area contributed by atoms with Gasteiger partial charge in [-0.15, -0.1) is 0 Å². The average molecular weight is 271 g/mol. The molecule has 0 unspecified atom stereocenters. The van der Waals surface area contributed by atoms with Gasteiger partial charge in [0.1, 0.15) is 0 Å². The molecule has 94 valence electrons. The van der Waals surface area contributed by atoms with Crippen molar-refractivity contribution in [2.45, 2.75) is 5.51 Å². The third kappa shape index (κ3) is 5.47. The predicted molar refractivity (Wildman–Crippen MR) is 54.7 cm³/mol. The molecule has 0 fully saturated rings. The van der Waals surface area contributed by atoms with E-state index in [1.54, 1.807) is 5.32 Å². The van der Waals surface area contributed by atoms with Crippen molar-refractivity contribution in [3.8, 4) is 0 Å². The minimum absolute atomic E-state index is 0.612. The molecule has 0 aromatic carbocycles. The zero-order valence-corrected chi connectivity index (χ0v) is 9.46. The molecule has 0 saturated carbocycles. The van der Waals surface area contributed by atoms with Gasteiger partial charge >= 0.3 is 95.2 Å². The number of rotatable bonds is 2. The van der Waals surface area contributed by atoms with Crippen molar-refractivity contribution in [3.63, 3.8) is 0 Å². The Morgan fingerprint density at radius 2 is 2.00 bits per heavy atom. The molecule has 0 saturated heterocycles. The summed E-state index contributed by atoms with van der Waals surface area (Å²) in [5, 5.41) is 1.70. The standard InChI is InChI=1S/C4H6B2F3N3O4S/c1-16-6-11-3(10-2(5)13)12-17(14,15)4(7,8)9/h5H2,1H3,(H,10,12,13). The van der Waals surface area contributed by atoms with E-state index in [1.165, 1.54) is 0 Å². The van der Waals surface area contributed by atoms with Gasteiger partial charge in [0.25, 0.3) is 0 Å². The Balaban J connectivity index is 5.32. The number of hydrogen-bond donors (Lipinski definition) is 1. The summed E-state index contributed by atoms with van der Waals surface area (Å²) in [6, 6.07) is 0. The number of nitrogens with zero attached hydrogens (tertiary/aromatic N) is 2. The zero-order valence-electron chi connectivity index (χ0n) is 8.65. The van der Waals surface area contributed by atoms with Crippen LogP contribution in [0.25, 0.3) is 0 Å². The van der Waals surface area contributed by atoms with Crippen LogP contribution in [0, 0.1) is 0 Å². The number of amides is 1. The first-order valence-electron chi connectivity index (χ1n) is 3.84. The molecule has 0 atom stereocenters. The van der Waals surface area contributed by atoms with Crippen LogP contribution in [0.3, 0.4) is 0 Å². The maximum atomic E-state index is 12.0. The average Bonchev–Trinajstić information content (AvgIpc) is 2.10. The normalized spacial score (nSPS) is 13.3. The van der Waals surface area contributed by atoms with Crippen molar-refractivity contribution in [1.29, 1.82) is 0 Å². The Morgan fingerprint density at radius 3 is 2.35 bits per heavy atom. The molecule has 17 heavy (non-hydrogen) atoms. The first-order chi connectivity index (χ1) is 7.60. The molecule has 0 aromatic rings. The van der Waals surface area contributed by atoms with Gasteiger partial charge in [-0.3, -0.25) is 0 Å². The number of carbonyl (C=O) groups is 1. The number of hydrogen-bond acceptors (Lipinski definition) is 4. The summed E-state index contributed by atoms with van der Waals surface area (Å²) in [6.07, 6.45) is 0. The third-order valence-electron chi connectivity index (χ3n) is 1.07. The van der Waals surface area contributed by atoms with Gasteiger partial charge in [-0.25, -0.2) is 0 Å². The number of guanidine groups is 1. The summed E-state index contributed by atoms with van der Waals surface area (Å²) < 4.78 is 63.7. The number of halogens is 3. The van der Waals surface area contributed by atoms with E-state index in [2.05, 4.69) is 13.9 Å². The molecule has 0 radical (unpaired) electrons. The van der Waals surface area contributed by atoms with E-state index in [4.69, 9.17) is 0 Å². The van der Waals surface area contributed by atoms with Gasteiger partial charge in [0.15, 0.2) is 0 Å². The maximum absolute atomic E-state index is 12.0.